The van der Waals surface area contributed by atoms with Gasteiger partial charge in [0.05, 0.1) is 5.56 Å². The molecule has 0 saturated carbocycles. The molecule has 0 amide bonds. The molecule has 8 heteroatoms. The minimum atomic E-state index is -4.35. The first-order chi connectivity index (χ1) is 15.4. The lowest BCUT2D eigenvalue weighted by molar-refractivity contribution is -0.137. The molecule has 2 heterocycles. The number of halogens is 4. The lowest BCUT2D eigenvalue weighted by atomic mass is 9.80. The van der Waals surface area contributed by atoms with Crippen molar-refractivity contribution >= 4 is 5.82 Å². The van der Waals surface area contributed by atoms with Crippen LogP contribution in [-0.2, 0) is 6.18 Å². The number of hydrogen-bond donors (Lipinski definition) is 1. The zero-order valence-electron chi connectivity index (χ0n) is 17.4. The lowest BCUT2D eigenvalue weighted by Crippen LogP contribution is -2.38. The van der Waals surface area contributed by atoms with Crippen molar-refractivity contribution in [3.8, 4) is 11.1 Å². The van der Waals surface area contributed by atoms with E-state index in [-0.39, 0.29) is 17.7 Å². The predicted octanol–water partition coefficient (Wildman–Crippen LogP) is 5.26. The van der Waals surface area contributed by atoms with Crippen molar-refractivity contribution < 1.29 is 17.6 Å². The Balaban J connectivity index is 1.48. The Morgan fingerprint density at radius 3 is 2.25 bits per heavy atom. The quantitative estimate of drug-likeness (QED) is 0.546. The van der Waals surface area contributed by atoms with Gasteiger partial charge in [0.15, 0.2) is 0 Å². The second kappa shape index (κ2) is 9.24. The van der Waals surface area contributed by atoms with Crippen molar-refractivity contribution in [3.63, 3.8) is 0 Å². The number of benzene rings is 2. The summed E-state index contributed by atoms with van der Waals surface area (Å²) in [7, 11) is 0. The third kappa shape index (κ3) is 4.75. The summed E-state index contributed by atoms with van der Waals surface area (Å²) in [6.45, 7) is 1.87. The normalized spacial score (nSPS) is 16.2. The zero-order valence-corrected chi connectivity index (χ0v) is 17.4. The van der Waals surface area contributed by atoms with Crippen molar-refractivity contribution in [2.24, 2.45) is 11.7 Å². The van der Waals surface area contributed by atoms with Crippen molar-refractivity contribution in [1.82, 2.24) is 9.97 Å². The Kier molecular flexibility index (Phi) is 6.41. The summed E-state index contributed by atoms with van der Waals surface area (Å²) in [5.41, 5.74) is 7.90. The third-order valence-corrected chi connectivity index (χ3v) is 6.17. The molecule has 1 fully saturated rings. The topological polar surface area (TPSA) is 55.0 Å². The van der Waals surface area contributed by atoms with Crippen LogP contribution in [0.15, 0.2) is 61.1 Å². The van der Waals surface area contributed by atoms with Crippen molar-refractivity contribution in [3.05, 3.63) is 78.0 Å². The molecular formula is C24H24F4N4. The first kappa shape index (κ1) is 22.2. The van der Waals surface area contributed by atoms with Gasteiger partial charge in [-0.05, 0) is 66.6 Å². The number of piperidine rings is 1. The highest BCUT2D eigenvalue weighted by Crippen LogP contribution is 2.37. The van der Waals surface area contributed by atoms with Gasteiger partial charge in [-0.15, -0.1) is 0 Å². The highest BCUT2D eigenvalue weighted by molar-refractivity contribution is 5.75. The second-order valence-electron chi connectivity index (χ2n) is 8.05. The molecule has 0 spiro atoms. The van der Waals surface area contributed by atoms with Crippen LogP contribution in [0.25, 0.3) is 11.1 Å². The number of nitrogens with two attached hydrogens (primary N) is 1. The van der Waals surface area contributed by atoms with E-state index in [1.807, 2.05) is 0 Å². The van der Waals surface area contributed by atoms with Crippen LogP contribution >= 0.6 is 0 Å². The van der Waals surface area contributed by atoms with E-state index >= 15 is 0 Å². The van der Waals surface area contributed by atoms with Crippen LogP contribution in [0.5, 0.6) is 0 Å². The summed E-state index contributed by atoms with van der Waals surface area (Å²) in [6.07, 6.45) is 0.569. The third-order valence-electron chi connectivity index (χ3n) is 6.17. The molecule has 1 aromatic heterocycles. The average molecular weight is 444 g/mol. The van der Waals surface area contributed by atoms with Crippen LogP contribution in [0.4, 0.5) is 23.4 Å². The van der Waals surface area contributed by atoms with Crippen LogP contribution in [0.3, 0.4) is 0 Å². The fourth-order valence-electron chi connectivity index (χ4n) is 4.44. The lowest BCUT2D eigenvalue weighted by Gasteiger charge is -2.37. The van der Waals surface area contributed by atoms with Crippen molar-refractivity contribution in [1.29, 1.82) is 0 Å². The SMILES string of the molecule is NC[C@@H](c1ccc(C(F)(F)F)cc1)C1CCN(c2ncncc2-c2ccc(F)cc2)CC1. The molecule has 0 radical (unpaired) electrons. The standard InChI is InChI=1S/C24H24F4N4/c25-20-7-3-17(4-8-20)22-14-30-15-31-23(22)32-11-9-18(10-12-32)21(13-29)16-1-5-19(6-2-16)24(26,27)28/h1-8,14-15,18,21H,9-13,29H2/t21-/m0/s1. The van der Waals surface area contributed by atoms with Crippen LogP contribution in [0.2, 0.25) is 0 Å². The van der Waals surface area contributed by atoms with Gasteiger partial charge in [0, 0.05) is 24.8 Å². The molecule has 2 aromatic carbocycles. The summed E-state index contributed by atoms with van der Waals surface area (Å²) < 4.78 is 52.0. The van der Waals surface area contributed by atoms with Gasteiger partial charge in [-0.1, -0.05) is 24.3 Å². The number of alkyl halides is 3. The summed E-state index contributed by atoms with van der Waals surface area (Å²) in [5, 5.41) is 0. The maximum Gasteiger partial charge on any atom is 0.416 e. The largest absolute Gasteiger partial charge is 0.416 e. The van der Waals surface area contributed by atoms with Gasteiger partial charge in [0.1, 0.15) is 18.0 Å². The Morgan fingerprint density at radius 2 is 1.66 bits per heavy atom. The molecule has 4 rings (SSSR count). The van der Waals surface area contributed by atoms with E-state index in [1.165, 1.54) is 18.5 Å². The molecule has 0 unspecified atom stereocenters. The average Bonchev–Trinajstić information content (AvgIpc) is 2.80. The molecule has 0 bridgehead atoms. The number of nitrogens with zero attached hydrogens (tertiary/aromatic N) is 3. The van der Waals surface area contributed by atoms with Gasteiger partial charge in [-0.25, -0.2) is 14.4 Å². The number of aromatic nitrogens is 2. The van der Waals surface area contributed by atoms with Crippen LogP contribution < -0.4 is 10.6 Å². The van der Waals surface area contributed by atoms with Crippen molar-refractivity contribution in [2.45, 2.75) is 24.9 Å². The maximum atomic E-state index is 13.3. The maximum absolute atomic E-state index is 13.3. The van der Waals surface area contributed by atoms with Gasteiger partial charge in [-0.2, -0.15) is 13.2 Å². The molecule has 1 saturated heterocycles. The predicted molar refractivity (Wildman–Crippen MR) is 116 cm³/mol. The Labute approximate surface area is 184 Å². The van der Waals surface area contributed by atoms with Gasteiger partial charge in [-0.3, -0.25) is 0 Å². The summed E-state index contributed by atoms with van der Waals surface area (Å²) in [6, 6.07) is 11.6. The molecule has 32 heavy (non-hydrogen) atoms. The monoisotopic (exact) mass is 444 g/mol. The minimum absolute atomic E-state index is 0.00130. The molecular weight excluding hydrogens is 420 g/mol. The molecule has 0 aliphatic carbocycles. The van der Waals surface area contributed by atoms with Gasteiger partial charge in [0.25, 0.3) is 0 Å². The summed E-state index contributed by atoms with van der Waals surface area (Å²) >= 11 is 0. The Morgan fingerprint density at radius 1 is 1.00 bits per heavy atom. The van der Waals surface area contributed by atoms with E-state index in [9.17, 15) is 17.6 Å². The smallest absolute Gasteiger partial charge is 0.356 e. The number of anilines is 1. The molecule has 1 aliphatic heterocycles. The van der Waals surface area contributed by atoms with Crippen LogP contribution in [0, 0.1) is 11.7 Å². The molecule has 2 N–H and O–H groups in total. The summed E-state index contributed by atoms with van der Waals surface area (Å²) in [4.78, 5) is 10.8. The first-order valence-electron chi connectivity index (χ1n) is 10.5. The molecule has 4 nitrogen and oxygen atoms in total. The van der Waals surface area contributed by atoms with E-state index in [0.717, 1.165) is 60.6 Å². The highest BCUT2D eigenvalue weighted by atomic mass is 19.4. The van der Waals surface area contributed by atoms with Gasteiger partial charge in [0.2, 0.25) is 0 Å². The highest BCUT2D eigenvalue weighted by Gasteiger charge is 2.32. The van der Waals surface area contributed by atoms with E-state index in [0.29, 0.717) is 6.54 Å². The van der Waals surface area contributed by atoms with E-state index < -0.39 is 11.7 Å². The Bertz CT molecular complexity index is 1030. The van der Waals surface area contributed by atoms with E-state index in [2.05, 4.69) is 14.9 Å². The molecule has 168 valence electrons. The fraction of sp³-hybridized carbons (Fsp3) is 0.333. The van der Waals surface area contributed by atoms with Crippen LogP contribution in [0.1, 0.15) is 29.9 Å². The number of rotatable bonds is 5. The van der Waals surface area contributed by atoms with Gasteiger partial charge >= 0.3 is 6.18 Å². The van der Waals surface area contributed by atoms with E-state index in [1.54, 1.807) is 30.5 Å². The van der Waals surface area contributed by atoms with Gasteiger partial charge < -0.3 is 10.6 Å². The molecule has 3 aromatic rings. The first-order valence-corrected chi connectivity index (χ1v) is 10.5. The molecule has 1 atom stereocenters. The van der Waals surface area contributed by atoms with Crippen LogP contribution in [-0.4, -0.2) is 29.6 Å². The second-order valence-corrected chi connectivity index (χ2v) is 8.05. The fourth-order valence-corrected chi connectivity index (χ4v) is 4.44. The minimum Gasteiger partial charge on any atom is -0.356 e. The summed E-state index contributed by atoms with van der Waals surface area (Å²) in [5.74, 6) is 0.762. The Hall–Kier alpha value is -3.00. The number of hydrogen-bond acceptors (Lipinski definition) is 4. The zero-order chi connectivity index (χ0) is 22.7. The van der Waals surface area contributed by atoms with Crippen molar-refractivity contribution in [2.75, 3.05) is 24.5 Å². The van der Waals surface area contributed by atoms with E-state index in [4.69, 9.17) is 5.73 Å². The molecule has 1 aliphatic rings.